The Bertz CT molecular complexity index is 837. The van der Waals surface area contributed by atoms with E-state index in [2.05, 4.69) is 36.2 Å². The van der Waals surface area contributed by atoms with Gasteiger partial charge in [-0.2, -0.15) is 0 Å². The van der Waals surface area contributed by atoms with Crippen molar-refractivity contribution in [1.82, 2.24) is 15.3 Å². The molecular formula is C19H24N6. The fourth-order valence-corrected chi connectivity index (χ4v) is 4.65. The predicted molar refractivity (Wildman–Crippen MR) is 102 cm³/mol. The second-order valence-electron chi connectivity index (χ2n) is 7.42. The number of aliphatic imine (C=N–C) groups is 2. The highest BCUT2D eigenvalue weighted by Crippen LogP contribution is 2.36. The van der Waals surface area contributed by atoms with Gasteiger partial charge in [0.05, 0.1) is 17.6 Å². The zero-order valence-electron chi connectivity index (χ0n) is 14.5. The Morgan fingerprint density at radius 1 is 1.16 bits per heavy atom. The van der Waals surface area contributed by atoms with E-state index in [1.165, 1.54) is 37.8 Å². The molecule has 6 heteroatoms. The molecule has 5 heterocycles. The van der Waals surface area contributed by atoms with Gasteiger partial charge in [0, 0.05) is 42.8 Å². The first kappa shape index (κ1) is 15.1. The lowest BCUT2D eigenvalue weighted by molar-refractivity contribution is 0.216. The summed E-state index contributed by atoms with van der Waals surface area (Å²) in [6.07, 6.45) is 12.2. The number of nitrogens with one attached hydrogen (secondary N) is 2. The molecular weight excluding hydrogens is 312 g/mol. The lowest BCUT2D eigenvalue weighted by atomic mass is 9.81. The number of piperidine rings is 2. The van der Waals surface area contributed by atoms with Crippen LogP contribution >= 0.6 is 0 Å². The van der Waals surface area contributed by atoms with Crippen molar-refractivity contribution in [3.05, 3.63) is 24.0 Å². The molecule has 0 bridgehead atoms. The molecule has 2 fully saturated rings. The summed E-state index contributed by atoms with van der Waals surface area (Å²) in [6.45, 7) is 4.00. The second kappa shape index (κ2) is 5.95. The molecule has 2 saturated heterocycles. The van der Waals surface area contributed by atoms with Gasteiger partial charge in [-0.3, -0.25) is 4.99 Å². The molecule has 1 unspecified atom stereocenters. The van der Waals surface area contributed by atoms with Crippen molar-refractivity contribution in [2.24, 2.45) is 9.98 Å². The first-order valence-corrected chi connectivity index (χ1v) is 9.38. The van der Waals surface area contributed by atoms with Crippen LogP contribution < -0.4 is 10.2 Å². The van der Waals surface area contributed by atoms with Gasteiger partial charge in [0.1, 0.15) is 5.65 Å². The topological polar surface area (TPSA) is 68.7 Å². The minimum absolute atomic E-state index is 0.283. The van der Waals surface area contributed by atoms with Crippen LogP contribution in [0, 0.1) is 0 Å². The molecule has 2 aromatic heterocycles. The largest absolute Gasteiger partial charge is 0.369 e. The standard InChI is InChI=1S/C19H24N6/c1-2-7-24-19(5-1)6-3-11-25(13-19)15-4-8-20-18-16(15)14(12-23-18)17-21-9-10-22-17/h4,8-9,12,24H,1-3,5-7,10-11,13H2,(H,20,23). The number of nitrogens with zero attached hydrogens (tertiary/aromatic N) is 4. The molecule has 25 heavy (non-hydrogen) atoms. The lowest BCUT2D eigenvalue weighted by Crippen LogP contribution is -2.59. The van der Waals surface area contributed by atoms with Crippen molar-refractivity contribution < 1.29 is 0 Å². The third-order valence-corrected chi connectivity index (χ3v) is 5.83. The van der Waals surface area contributed by atoms with Crippen LogP contribution in [0.3, 0.4) is 0 Å². The van der Waals surface area contributed by atoms with Crippen LogP contribution in [0.2, 0.25) is 0 Å². The first-order chi connectivity index (χ1) is 12.3. The number of aromatic nitrogens is 2. The Labute approximate surface area is 147 Å². The van der Waals surface area contributed by atoms with E-state index in [0.717, 1.165) is 42.1 Å². The van der Waals surface area contributed by atoms with Crippen LogP contribution in [-0.2, 0) is 0 Å². The number of H-pyrrole nitrogens is 1. The monoisotopic (exact) mass is 336 g/mol. The summed E-state index contributed by atoms with van der Waals surface area (Å²) in [5, 5.41) is 4.99. The summed E-state index contributed by atoms with van der Waals surface area (Å²) in [6, 6.07) is 2.15. The molecule has 0 radical (unpaired) electrons. The first-order valence-electron chi connectivity index (χ1n) is 9.38. The van der Waals surface area contributed by atoms with Crippen LogP contribution in [0.25, 0.3) is 11.0 Å². The summed E-state index contributed by atoms with van der Waals surface area (Å²) in [7, 11) is 0. The van der Waals surface area contributed by atoms with Gasteiger partial charge in [-0.25, -0.2) is 9.98 Å². The Morgan fingerprint density at radius 3 is 2.96 bits per heavy atom. The van der Waals surface area contributed by atoms with Crippen molar-refractivity contribution in [2.45, 2.75) is 37.6 Å². The van der Waals surface area contributed by atoms with E-state index >= 15 is 0 Å². The Balaban J connectivity index is 1.56. The van der Waals surface area contributed by atoms with Crippen molar-refractivity contribution in [1.29, 1.82) is 0 Å². The maximum atomic E-state index is 4.53. The maximum Gasteiger partial charge on any atom is 0.156 e. The number of pyridine rings is 1. The molecule has 0 saturated carbocycles. The van der Waals surface area contributed by atoms with E-state index < -0.39 is 0 Å². The molecule has 5 rings (SSSR count). The lowest BCUT2D eigenvalue weighted by Gasteiger charge is -2.47. The van der Waals surface area contributed by atoms with Gasteiger partial charge in [0.15, 0.2) is 5.84 Å². The van der Waals surface area contributed by atoms with E-state index in [1.807, 2.05) is 18.6 Å². The average molecular weight is 336 g/mol. The van der Waals surface area contributed by atoms with Gasteiger partial charge in [0.25, 0.3) is 0 Å². The van der Waals surface area contributed by atoms with Crippen molar-refractivity contribution in [3.8, 4) is 0 Å². The predicted octanol–water partition coefficient (Wildman–Crippen LogP) is 2.51. The molecule has 3 aliphatic rings. The molecule has 0 aliphatic carbocycles. The highest BCUT2D eigenvalue weighted by atomic mass is 15.2. The minimum atomic E-state index is 0.283. The molecule has 130 valence electrons. The van der Waals surface area contributed by atoms with Crippen LogP contribution in [0.1, 0.15) is 37.7 Å². The maximum absolute atomic E-state index is 4.53. The van der Waals surface area contributed by atoms with Gasteiger partial charge >= 0.3 is 0 Å². The van der Waals surface area contributed by atoms with Crippen LogP contribution in [0.5, 0.6) is 0 Å². The summed E-state index contributed by atoms with van der Waals surface area (Å²) in [4.78, 5) is 19.3. The number of hydrogen-bond acceptors (Lipinski definition) is 5. The molecule has 6 nitrogen and oxygen atoms in total. The molecule has 1 atom stereocenters. The number of rotatable bonds is 2. The third kappa shape index (κ3) is 2.56. The van der Waals surface area contributed by atoms with Gasteiger partial charge in [-0.05, 0) is 38.3 Å². The molecule has 0 aromatic carbocycles. The van der Waals surface area contributed by atoms with Gasteiger partial charge in [-0.1, -0.05) is 6.42 Å². The zero-order valence-corrected chi connectivity index (χ0v) is 14.5. The molecule has 2 aromatic rings. The zero-order chi connectivity index (χ0) is 16.7. The van der Waals surface area contributed by atoms with Crippen LogP contribution in [-0.4, -0.2) is 53.7 Å². The number of amidine groups is 1. The Morgan fingerprint density at radius 2 is 2.12 bits per heavy atom. The number of hydrogen-bond donors (Lipinski definition) is 2. The van der Waals surface area contributed by atoms with Crippen molar-refractivity contribution in [2.75, 3.05) is 31.1 Å². The fourth-order valence-electron chi connectivity index (χ4n) is 4.65. The van der Waals surface area contributed by atoms with Crippen LogP contribution in [0.15, 0.2) is 28.4 Å². The Kier molecular flexibility index (Phi) is 3.59. The van der Waals surface area contributed by atoms with E-state index in [9.17, 15) is 0 Å². The van der Waals surface area contributed by atoms with Gasteiger partial charge < -0.3 is 15.2 Å². The van der Waals surface area contributed by atoms with Gasteiger partial charge in [-0.15, -0.1) is 0 Å². The quantitative estimate of drug-likeness (QED) is 0.885. The molecule has 1 spiro atoms. The highest BCUT2D eigenvalue weighted by Gasteiger charge is 2.37. The van der Waals surface area contributed by atoms with E-state index in [4.69, 9.17) is 0 Å². The fraction of sp³-hybridized carbons (Fsp3) is 0.526. The van der Waals surface area contributed by atoms with Crippen molar-refractivity contribution >= 4 is 28.8 Å². The summed E-state index contributed by atoms with van der Waals surface area (Å²) < 4.78 is 0. The van der Waals surface area contributed by atoms with E-state index in [0.29, 0.717) is 6.54 Å². The van der Waals surface area contributed by atoms with E-state index in [1.54, 1.807) is 0 Å². The van der Waals surface area contributed by atoms with Crippen molar-refractivity contribution in [3.63, 3.8) is 0 Å². The number of aromatic amines is 1. The molecule has 2 N–H and O–H groups in total. The smallest absolute Gasteiger partial charge is 0.156 e. The normalized spacial score (nSPS) is 26.6. The van der Waals surface area contributed by atoms with Gasteiger partial charge in [0.2, 0.25) is 0 Å². The summed E-state index contributed by atoms with van der Waals surface area (Å²) >= 11 is 0. The highest BCUT2D eigenvalue weighted by molar-refractivity contribution is 6.16. The number of fused-ring (bicyclic) bond motifs is 1. The average Bonchev–Trinajstić information content (AvgIpc) is 3.31. The SMILES string of the molecule is C1=NC(c2c[nH]c3nccc(N4CCCC5(CCCCN5)C4)c23)=NC1. The molecule has 3 aliphatic heterocycles. The minimum Gasteiger partial charge on any atom is -0.369 e. The third-order valence-electron chi connectivity index (χ3n) is 5.83. The second-order valence-corrected chi connectivity index (χ2v) is 7.42. The Hall–Kier alpha value is -2.21. The number of anilines is 1. The summed E-state index contributed by atoms with van der Waals surface area (Å²) in [5.74, 6) is 0.822. The molecule has 0 amide bonds. The van der Waals surface area contributed by atoms with E-state index in [-0.39, 0.29) is 5.54 Å². The van der Waals surface area contributed by atoms with Crippen LogP contribution in [0.4, 0.5) is 5.69 Å². The summed E-state index contributed by atoms with van der Waals surface area (Å²) in [5.41, 5.74) is 3.54.